The molecule has 140 valence electrons. The van der Waals surface area contributed by atoms with Crippen molar-refractivity contribution in [3.8, 4) is 0 Å². The van der Waals surface area contributed by atoms with Crippen molar-refractivity contribution in [1.29, 1.82) is 0 Å². The standard InChI is InChI=1S/C22H25N3O2/c1-22(2,3)17-9-5-7-11-19(17)25-21(27)14-24-20(26)12-15-13-23-18-10-6-4-8-16(15)18/h4-11,13,23H,12,14H2,1-3H3,(H,24,26)(H,25,27). The maximum atomic E-state index is 12.3. The van der Waals surface area contributed by atoms with Crippen LogP contribution in [0.25, 0.3) is 10.9 Å². The van der Waals surface area contributed by atoms with Gasteiger partial charge >= 0.3 is 0 Å². The lowest BCUT2D eigenvalue weighted by atomic mass is 9.86. The highest BCUT2D eigenvalue weighted by Crippen LogP contribution is 2.29. The van der Waals surface area contributed by atoms with E-state index in [1.807, 2.05) is 54.7 Å². The minimum absolute atomic E-state index is 0.0559. The van der Waals surface area contributed by atoms with Gasteiger partial charge in [0, 0.05) is 22.8 Å². The molecule has 0 bridgehead atoms. The first-order valence-corrected chi connectivity index (χ1v) is 9.05. The number of para-hydroxylation sites is 2. The molecule has 1 aromatic heterocycles. The number of hydrogen-bond acceptors (Lipinski definition) is 2. The van der Waals surface area contributed by atoms with Gasteiger partial charge in [0.1, 0.15) is 0 Å². The Hall–Kier alpha value is -3.08. The number of carbonyl (C=O) groups excluding carboxylic acids is 2. The van der Waals surface area contributed by atoms with Gasteiger partial charge < -0.3 is 15.6 Å². The molecule has 5 heteroatoms. The van der Waals surface area contributed by atoms with Gasteiger partial charge in [0.2, 0.25) is 11.8 Å². The van der Waals surface area contributed by atoms with Gasteiger partial charge in [-0.05, 0) is 28.7 Å². The maximum absolute atomic E-state index is 12.3. The topological polar surface area (TPSA) is 74.0 Å². The van der Waals surface area contributed by atoms with E-state index in [4.69, 9.17) is 0 Å². The van der Waals surface area contributed by atoms with Crippen LogP contribution in [-0.4, -0.2) is 23.3 Å². The Labute approximate surface area is 159 Å². The van der Waals surface area contributed by atoms with Gasteiger partial charge in [0.15, 0.2) is 0 Å². The molecule has 3 N–H and O–H groups in total. The van der Waals surface area contributed by atoms with Crippen molar-refractivity contribution in [3.05, 3.63) is 65.9 Å². The number of benzene rings is 2. The molecule has 0 saturated carbocycles. The van der Waals surface area contributed by atoms with Crippen LogP contribution in [0.2, 0.25) is 0 Å². The maximum Gasteiger partial charge on any atom is 0.243 e. The van der Waals surface area contributed by atoms with Crippen molar-refractivity contribution in [2.24, 2.45) is 0 Å². The van der Waals surface area contributed by atoms with Crippen LogP contribution < -0.4 is 10.6 Å². The van der Waals surface area contributed by atoms with Crippen molar-refractivity contribution >= 4 is 28.4 Å². The summed E-state index contributed by atoms with van der Waals surface area (Å²) in [6, 6.07) is 15.6. The van der Waals surface area contributed by atoms with Gasteiger partial charge in [0.05, 0.1) is 13.0 Å². The second kappa shape index (κ2) is 7.66. The molecule has 0 radical (unpaired) electrons. The summed E-state index contributed by atoms with van der Waals surface area (Å²) in [5.74, 6) is -0.419. The SMILES string of the molecule is CC(C)(C)c1ccccc1NC(=O)CNC(=O)Cc1c[nH]c2ccccc12. The van der Waals surface area contributed by atoms with Crippen LogP contribution in [0.3, 0.4) is 0 Å². The average molecular weight is 363 g/mol. The molecule has 0 atom stereocenters. The Morgan fingerprint density at radius 2 is 1.67 bits per heavy atom. The second-order valence-electron chi connectivity index (χ2n) is 7.66. The number of aromatic amines is 1. The molecule has 0 saturated heterocycles. The van der Waals surface area contributed by atoms with Crippen LogP contribution in [0.5, 0.6) is 0 Å². The minimum Gasteiger partial charge on any atom is -0.361 e. The fourth-order valence-electron chi connectivity index (χ4n) is 3.13. The highest BCUT2D eigenvalue weighted by Gasteiger charge is 2.18. The number of nitrogens with one attached hydrogen (secondary N) is 3. The summed E-state index contributed by atoms with van der Waals surface area (Å²) in [4.78, 5) is 27.7. The van der Waals surface area contributed by atoms with Gasteiger partial charge in [-0.15, -0.1) is 0 Å². The fraction of sp³-hybridized carbons (Fsp3) is 0.273. The summed E-state index contributed by atoms with van der Waals surface area (Å²) in [5, 5.41) is 6.62. The Morgan fingerprint density at radius 3 is 2.44 bits per heavy atom. The van der Waals surface area contributed by atoms with Gasteiger partial charge in [-0.3, -0.25) is 9.59 Å². The number of carbonyl (C=O) groups is 2. The first-order chi connectivity index (χ1) is 12.8. The first-order valence-electron chi connectivity index (χ1n) is 9.05. The molecule has 0 fully saturated rings. The zero-order valence-corrected chi connectivity index (χ0v) is 15.9. The lowest BCUT2D eigenvalue weighted by Crippen LogP contribution is -2.34. The molecular weight excluding hydrogens is 338 g/mol. The molecule has 2 amide bonds. The van der Waals surface area contributed by atoms with Crippen molar-refractivity contribution in [3.63, 3.8) is 0 Å². The molecule has 0 aliphatic carbocycles. The monoisotopic (exact) mass is 363 g/mol. The smallest absolute Gasteiger partial charge is 0.243 e. The molecule has 0 aliphatic heterocycles. The molecule has 27 heavy (non-hydrogen) atoms. The van der Waals surface area contributed by atoms with Crippen LogP contribution in [0.15, 0.2) is 54.7 Å². The van der Waals surface area contributed by atoms with Crippen LogP contribution in [0.4, 0.5) is 5.69 Å². The van der Waals surface area contributed by atoms with E-state index in [1.165, 1.54) is 0 Å². The summed E-state index contributed by atoms with van der Waals surface area (Å²) < 4.78 is 0. The lowest BCUT2D eigenvalue weighted by molar-refractivity contribution is -0.123. The van der Waals surface area contributed by atoms with E-state index in [9.17, 15) is 9.59 Å². The minimum atomic E-state index is -0.237. The molecular formula is C22H25N3O2. The Kier molecular flexibility index (Phi) is 5.31. The third-order valence-electron chi connectivity index (χ3n) is 4.48. The predicted octanol–water partition coefficient (Wildman–Crippen LogP) is 3.76. The molecule has 5 nitrogen and oxygen atoms in total. The number of amides is 2. The van der Waals surface area contributed by atoms with Crippen LogP contribution in [0.1, 0.15) is 31.9 Å². The Bertz CT molecular complexity index is 967. The first kappa shape index (κ1) is 18.7. The molecule has 1 heterocycles. The molecule has 3 rings (SSSR count). The van der Waals surface area contributed by atoms with Crippen LogP contribution in [-0.2, 0) is 21.4 Å². The van der Waals surface area contributed by atoms with Crippen molar-refractivity contribution < 1.29 is 9.59 Å². The lowest BCUT2D eigenvalue weighted by Gasteiger charge is -2.23. The number of rotatable bonds is 5. The quantitative estimate of drug-likeness (QED) is 0.646. The predicted molar refractivity (Wildman–Crippen MR) is 109 cm³/mol. The molecule has 2 aromatic carbocycles. The third-order valence-corrected chi connectivity index (χ3v) is 4.48. The van der Waals surface area contributed by atoms with E-state index in [-0.39, 0.29) is 30.2 Å². The average Bonchev–Trinajstić information content (AvgIpc) is 3.03. The van der Waals surface area contributed by atoms with Crippen molar-refractivity contribution in [1.82, 2.24) is 10.3 Å². The van der Waals surface area contributed by atoms with E-state index in [1.54, 1.807) is 0 Å². The Balaban J connectivity index is 1.57. The van der Waals surface area contributed by atoms with Gasteiger partial charge in [-0.2, -0.15) is 0 Å². The molecule has 0 spiro atoms. The number of aromatic nitrogens is 1. The summed E-state index contributed by atoms with van der Waals surface area (Å²) in [6.07, 6.45) is 2.07. The normalized spacial score (nSPS) is 11.4. The summed E-state index contributed by atoms with van der Waals surface area (Å²) in [5.41, 5.74) is 3.67. The molecule has 0 aliphatic rings. The third kappa shape index (κ3) is 4.56. The van der Waals surface area contributed by atoms with E-state index < -0.39 is 0 Å². The summed E-state index contributed by atoms with van der Waals surface area (Å²) in [6.45, 7) is 6.24. The van der Waals surface area contributed by atoms with E-state index >= 15 is 0 Å². The molecule has 3 aromatic rings. The number of fused-ring (bicyclic) bond motifs is 1. The molecule has 0 unspecified atom stereocenters. The second-order valence-corrected chi connectivity index (χ2v) is 7.66. The van der Waals surface area contributed by atoms with E-state index in [0.717, 1.165) is 27.7 Å². The van der Waals surface area contributed by atoms with Crippen LogP contribution in [0, 0.1) is 0 Å². The van der Waals surface area contributed by atoms with E-state index in [2.05, 4.69) is 36.4 Å². The largest absolute Gasteiger partial charge is 0.361 e. The van der Waals surface area contributed by atoms with Crippen LogP contribution >= 0.6 is 0 Å². The van der Waals surface area contributed by atoms with Gasteiger partial charge in [-0.1, -0.05) is 57.2 Å². The number of anilines is 1. The summed E-state index contributed by atoms with van der Waals surface area (Å²) in [7, 11) is 0. The zero-order valence-electron chi connectivity index (χ0n) is 15.9. The number of hydrogen-bond donors (Lipinski definition) is 3. The fourth-order valence-corrected chi connectivity index (χ4v) is 3.13. The number of H-pyrrole nitrogens is 1. The van der Waals surface area contributed by atoms with E-state index in [0.29, 0.717) is 0 Å². The Morgan fingerprint density at radius 1 is 0.963 bits per heavy atom. The summed E-state index contributed by atoms with van der Waals surface area (Å²) >= 11 is 0. The highest BCUT2D eigenvalue weighted by molar-refractivity contribution is 5.96. The van der Waals surface area contributed by atoms with Crippen molar-refractivity contribution in [2.75, 3.05) is 11.9 Å². The van der Waals surface area contributed by atoms with Gasteiger partial charge in [-0.25, -0.2) is 0 Å². The van der Waals surface area contributed by atoms with Gasteiger partial charge in [0.25, 0.3) is 0 Å². The van der Waals surface area contributed by atoms with Crippen molar-refractivity contribution in [2.45, 2.75) is 32.6 Å². The zero-order chi connectivity index (χ0) is 19.4. The highest BCUT2D eigenvalue weighted by atomic mass is 16.2.